The van der Waals surface area contributed by atoms with Gasteiger partial charge in [-0.15, -0.1) is 0 Å². The fourth-order valence-electron chi connectivity index (χ4n) is 8.95. The number of nitrogens with zero attached hydrogens (tertiary/aromatic N) is 3. The first-order valence-corrected chi connectivity index (χ1v) is 18.0. The molecular weight excluding hydrogens is 659 g/mol. The second-order valence-corrected chi connectivity index (χ2v) is 13.8. The van der Waals surface area contributed by atoms with Crippen LogP contribution in [0.5, 0.6) is 0 Å². The summed E-state index contributed by atoms with van der Waals surface area (Å²) in [6, 6.07) is 49.2. The van der Waals surface area contributed by atoms with E-state index in [2.05, 4.69) is 77.1 Å². The van der Waals surface area contributed by atoms with E-state index < -0.39 is 0 Å². The third-order valence-electron chi connectivity index (χ3n) is 11.1. The molecule has 2 aromatic heterocycles. The van der Waals surface area contributed by atoms with Gasteiger partial charge in [0.2, 0.25) is 0 Å². The topological polar surface area (TPSA) is 24.6 Å². The minimum absolute atomic E-state index is 0.339. The van der Waals surface area contributed by atoms with Crippen molar-refractivity contribution in [3.05, 3.63) is 169 Å². The predicted octanol–water partition coefficient (Wildman–Crippen LogP) is 10.5. The molecule has 0 saturated carbocycles. The van der Waals surface area contributed by atoms with Crippen molar-refractivity contribution >= 4 is 90.2 Å². The first kappa shape index (κ1) is 30.1. The molecule has 2 aliphatic rings. The Morgan fingerprint density at radius 1 is 0.528 bits per heavy atom. The van der Waals surface area contributed by atoms with E-state index in [1.54, 1.807) is 18.2 Å². The minimum atomic E-state index is -0.373. The van der Waals surface area contributed by atoms with Crippen LogP contribution in [0.4, 0.5) is 42.9 Å². The van der Waals surface area contributed by atoms with Gasteiger partial charge in [0.1, 0.15) is 17.2 Å². The molecule has 252 valence electrons. The second-order valence-electron chi connectivity index (χ2n) is 13.8. The number of benzene rings is 7. The van der Waals surface area contributed by atoms with Crippen LogP contribution < -0.4 is 26.4 Å². The van der Waals surface area contributed by atoms with Crippen molar-refractivity contribution in [3.63, 3.8) is 0 Å². The summed E-state index contributed by atoms with van der Waals surface area (Å²) >= 11 is 0. The molecule has 0 spiro atoms. The highest BCUT2D eigenvalue weighted by Gasteiger charge is 2.48. The van der Waals surface area contributed by atoms with Gasteiger partial charge in [-0.3, -0.25) is 0 Å². The molecule has 7 aromatic carbocycles. The average Bonchev–Trinajstić information content (AvgIpc) is 3.75. The molecule has 0 fully saturated rings. The lowest BCUT2D eigenvalue weighted by molar-refractivity contribution is 0.628. The first-order valence-electron chi connectivity index (χ1n) is 18.0. The van der Waals surface area contributed by atoms with E-state index >= 15 is 8.78 Å². The lowest BCUT2D eigenvalue weighted by Crippen LogP contribution is -2.61. The van der Waals surface area contributed by atoms with E-state index in [0.29, 0.717) is 11.4 Å². The zero-order valence-electron chi connectivity index (χ0n) is 28.7. The van der Waals surface area contributed by atoms with Crippen LogP contribution in [0.1, 0.15) is 12.5 Å². The van der Waals surface area contributed by atoms with Gasteiger partial charge < -0.3 is 18.8 Å². The Bertz CT molecular complexity index is 2950. The Balaban J connectivity index is 1.35. The van der Waals surface area contributed by atoms with Crippen LogP contribution in [0.25, 0.3) is 38.5 Å². The van der Waals surface area contributed by atoms with Crippen molar-refractivity contribution in [1.29, 1.82) is 0 Å². The molecule has 2 aliphatic heterocycles. The zero-order valence-corrected chi connectivity index (χ0v) is 28.7. The van der Waals surface area contributed by atoms with E-state index in [1.807, 2.05) is 65.6 Å². The SMILES string of the molecule is CCc1cccc2c3ccc4c(c3n(-c3ccccc3)c12)N(c1ccccc1F)c1cccc2c1B4c1oc3ccccc3c1N2c1ccccc1F. The van der Waals surface area contributed by atoms with Gasteiger partial charge in [0.15, 0.2) is 0 Å². The lowest BCUT2D eigenvalue weighted by Gasteiger charge is -2.42. The van der Waals surface area contributed by atoms with Crippen molar-refractivity contribution in [1.82, 2.24) is 4.57 Å². The van der Waals surface area contributed by atoms with Crippen LogP contribution in [-0.2, 0) is 6.42 Å². The number of fused-ring (bicyclic) bond motifs is 10. The number of anilines is 6. The molecule has 0 N–H and O–H groups in total. The molecule has 0 bridgehead atoms. The maximum absolute atomic E-state index is 16.4. The van der Waals surface area contributed by atoms with Crippen LogP contribution in [0.2, 0.25) is 0 Å². The average molecular weight is 690 g/mol. The highest BCUT2D eigenvalue weighted by Crippen LogP contribution is 2.50. The number of halogens is 2. The van der Waals surface area contributed by atoms with Crippen LogP contribution in [0.3, 0.4) is 0 Å². The summed E-state index contributed by atoms with van der Waals surface area (Å²) in [5.74, 6) is -0.683. The first-order chi connectivity index (χ1) is 26.1. The van der Waals surface area contributed by atoms with Gasteiger partial charge in [-0.2, -0.15) is 0 Å². The summed E-state index contributed by atoms with van der Waals surface area (Å²) in [6.07, 6.45) is 0.850. The van der Waals surface area contributed by atoms with Gasteiger partial charge >= 0.3 is 0 Å². The molecule has 7 heteroatoms. The fraction of sp³-hybridized carbons (Fsp3) is 0.0435. The number of rotatable bonds is 4. The van der Waals surface area contributed by atoms with Crippen LogP contribution in [-0.4, -0.2) is 11.3 Å². The van der Waals surface area contributed by atoms with Gasteiger partial charge in [-0.25, -0.2) is 8.78 Å². The maximum Gasteiger partial charge on any atom is 0.297 e. The molecule has 0 unspecified atom stereocenters. The Kier molecular flexibility index (Phi) is 6.35. The second kappa shape index (κ2) is 11.2. The number of hydrogen-bond acceptors (Lipinski definition) is 3. The van der Waals surface area contributed by atoms with E-state index in [1.165, 1.54) is 17.7 Å². The molecule has 0 radical (unpaired) electrons. The van der Waals surface area contributed by atoms with Gasteiger partial charge in [0, 0.05) is 33.2 Å². The number of aryl methyl sites for hydroxylation is 1. The van der Waals surface area contributed by atoms with E-state index in [0.717, 1.165) is 84.2 Å². The molecule has 11 rings (SSSR count). The Morgan fingerprint density at radius 2 is 1.11 bits per heavy atom. The van der Waals surface area contributed by atoms with Crippen molar-refractivity contribution in [3.8, 4) is 5.69 Å². The van der Waals surface area contributed by atoms with E-state index in [4.69, 9.17) is 4.42 Å². The largest absolute Gasteiger partial charge is 0.468 e. The third kappa shape index (κ3) is 4.05. The molecule has 0 amide bonds. The van der Waals surface area contributed by atoms with Crippen molar-refractivity contribution < 1.29 is 13.2 Å². The summed E-state index contributed by atoms with van der Waals surface area (Å²) in [5.41, 5.74) is 11.9. The molecule has 9 aromatic rings. The quantitative estimate of drug-likeness (QED) is 0.172. The third-order valence-corrected chi connectivity index (χ3v) is 11.1. The highest BCUT2D eigenvalue weighted by atomic mass is 19.1. The summed E-state index contributed by atoms with van der Waals surface area (Å²) < 4.78 is 41.7. The molecular formula is C46H30BF2N3O. The normalized spacial score (nSPS) is 13.2. The predicted molar refractivity (Wildman–Crippen MR) is 214 cm³/mol. The van der Waals surface area contributed by atoms with Crippen molar-refractivity contribution in [2.24, 2.45) is 0 Å². The number of furan rings is 1. The van der Waals surface area contributed by atoms with Gasteiger partial charge in [-0.05, 0) is 83.6 Å². The molecule has 0 aliphatic carbocycles. The smallest absolute Gasteiger partial charge is 0.297 e. The molecule has 0 saturated heterocycles. The summed E-state index contributed by atoms with van der Waals surface area (Å²) in [7, 11) is 0. The van der Waals surface area contributed by atoms with E-state index in [9.17, 15) is 0 Å². The van der Waals surface area contributed by atoms with Crippen LogP contribution in [0, 0.1) is 11.6 Å². The summed E-state index contributed by atoms with van der Waals surface area (Å²) in [6.45, 7) is 1.81. The Hall–Kier alpha value is -6.60. The molecule has 0 atom stereocenters. The minimum Gasteiger partial charge on any atom is -0.468 e. The van der Waals surface area contributed by atoms with Crippen LogP contribution in [0.15, 0.2) is 156 Å². The zero-order chi connectivity index (χ0) is 35.4. The monoisotopic (exact) mass is 689 g/mol. The summed E-state index contributed by atoms with van der Waals surface area (Å²) in [5, 5.41) is 3.11. The van der Waals surface area contributed by atoms with Gasteiger partial charge in [0.05, 0.1) is 39.4 Å². The Morgan fingerprint density at radius 3 is 1.83 bits per heavy atom. The molecule has 4 nitrogen and oxygen atoms in total. The molecule has 53 heavy (non-hydrogen) atoms. The summed E-state index contributed by atoms with van der Waals surface area (Å²) in [4.78, 5) is 4.07. The van der Waals surface area contributed by atoms with Gasteiger partial charge in [0.25, 0.3) is 6.71 Å². The number of hydrogen-bond donors (Lipinski definition) is 0. The highest BCUT2D eigenvalue weighted by molar-refractivity contribution is 7.00. The molecule has 4 heterocycles. The maximum atomic E-state index is 16.4. The number of para-hydroxylation sites is 5. The standard InChI is InChI=1S/C46H30BF2N3O/c1-2-28-14-12-18-30-31-26-27-33-45(43(31)50(42(28)30)29-15-4-3-5-16-29)52(37-22-10-8-20-35(37)49)39-24-13-23-38-41(39)47(33)46-44(32-17-6-11-25-40(32)53-46)51(38)36-21-9-7-19-34(36)48/h3-27H,2H2,1H3. The Labute approximate surface area is 304 Å². The lowest BCUT2D eigenvalue weighted by atomic mass is 9.35. The number of aromatic nitrogens is 1. The van der Waals surface area contributed by atoms with Crippen molar-refractivity contribution in [2.75, 3.05) is 9.80 Å². The van der Waals surface area contributed by atoms with Crippen molar-refractivity contribution in [2.45, 2.75) is 13.3 Å². The van der Waals surface area contributed by atoms with Gasteiger partial charge in [-0.1, -0.05) is 97.9 Å². The fourth-order valence-corrected chi connectivity index (χ4v) is 8.95. The van der Waals surface area contributed by atoms with Crippen LogP contribution >= 0.6 is 0 Å². The van der Waals surface area contributed by atoms with E-state index in [-0.39, 0.29) is 18.3 Å².